The average Bonchev–Trinajstić information content (AvgIpc) is 2.62. The molecule has 0 radical (unpaired) electrons. The largest absolute Gasteiger partial charge is 0.496 e. The zero-order valence-corrected chi connectivity index (χ0v) is 15.7. The van der Waals surface area contributed by atoms with Gasteiger partial charge in [0.15, 0.2) is 0 Å². The van der Waals surface area contributed by atoms with Gasteiger partial charge in [0.1, 0.15) is 10.6 Å². The van der Waals surface area contributed by atoms with Crippen molar-refractivity contribution < 1.29 is 17.7 Å². The summed E-state index contributed by atoms with van der Waals surface area (Å²) < 4.78 is 40.6. The maximum atomic E-state index is 12.4. The highest BCUT2D eigenvalue weighted by molar-refractivity contribution is 7.86. The van der Waals surface area contributed by atoms with Crippen LogP contribution in [0.15, 0.2) is 65.6 Å². The van der Waals surface area contributed by atoms with E-state index in [-0.39, 0.29) is 4.90 Å². The summed E-state index contributed by atoms with van der Waals surface area (Å²) >= 11 is 0. The van der Waals surface area contributed by atoms with Gasteiger partial charge in [-0.25, -0.2) is 0 Å². The van der Waals surface area contributed by atoms with E-state index >= 15 is 0 Å². The lowest BCUT2D eigenvalue weighted by molar-refractivity contribution is 0.408. The molecule has 0 atom stereocenters. The Kier molecular flexibility index (Phi) is 4.85. The first-order valence-electron chi connectivity index (χ1n) is 8.15. The molecule has 0 aliphatic carbocycles. The van der Waals surface area contributed by atoms with Gasteiger partial charge < -0.3 is 4.74 Å². The fourth-order valence-electron chi connectivity index (χ4n) is 3.44. The van der Waals surface area contributed by atoms with Gasteiger partial charge in [0, 0.05) is 22.3 Å². The number of hydrogen-bond donors (Lipinski definition) is 1. The summed E-state index contributed by atoms with van der Waals surface area (Å²) in [5.41, 5.74) is 3.65. The summed E-state index contributed by atoms with van der Waals surface area (Å²) in [6.45, 7) is 3.61. The van der Waals surface area contributed by atoms with Gasteiger partial charge in [-0.15, -0.1) is 0 Å². The van der Waals surface area contributed by atoms with Crippen molar-refractivity contribution in [2.45, 2.75) is 18.7 Å². The van der Waals surface area contributed by atoms with E-state index in [1.165, 1.54) is 0 Å². The molecule has 0 aliphatic rings. The number of ether oxygens (including phenoxy) is 1. The second-order valence-corrected chi connectivity index (χ2v) is 7.43. The minimum Gasteiger partial charge on any atom is -0.496 e. The van der Waals surface area contributed by atoms with Crippen LogP contribution in [-0.2, 0) is 10.1 Å². The molecular weight excluding hydrogens is 348 g/mol. The molecule has 0 fully saturated rings. The summed E-state index contributed by atoms with van der Waals surface area (Å²) in [6.07, 6.45) is 0. The standard InChI is InChI=1S/C21H20O4S/c1-14-18(16-10-6-4-7-11-16)21(26(22,23)24)19(15(2)20(14)25-3)17-12-8-5-9-13-17/h4-13H,1-3H3,(H,22,23,24). The highest BCUT2D eigenvalue weighted by Gasteiger charge is 2.29. The van der Waals surface area contributed by atoms with Crippen LogP contribution < -0.4 is 4.74 Å². The molecule has 0 heterocycles. The Balaban J connectivity index is 2.56. The van der Waals surface area contributed by atoms with Gasteiger partial charge in [0.25, 0.3) is 10.1 Å². The molecule has 4 nitrogen and oxygen atoms in total. The smallest absolute Gasteiger partial charge is 0.295 e. The van der Waals surface area contributed by atoms with Gasteiger partial charge in [0.05, 0.1) is 7.11 Å². The second-order valence-electron chi connectivity index (χ2n) is 6.07. The third-order valence-electron chi connectivity index (χ3n) is 4.47. The molecule has 0 spiro atoms. The normalized spacial score (nSPS) is 11.4. The third kappa shape index (κ3) is 3.11. The van der Waals surface area contributed by atoms with Gasteiger partial charge in [-0.1, -0.05) is 60.7 Å². The molecule has 0 amide bonds. The van der Waals surface area contributed by atoms with Gasteiger partial charge in [-0.3, -0.25) is 4.55 Å². The monoisotopic (exact) mass is 368 g/mol. The maximum absolute atomic E-state index is 12.4. The van der Waals surface area contributed by atoms with E-state index in [2.05, 4.69) is 0 Å². The lowest BCUT2D eigenvalue weighted by atomic mass is 9.90. The molecule has 3 aromatic rings. The van der Waals surface area contributed by atoms with Gasteiger partial charge in [0.2, 0.25) is 0 Å². The summed E-state index contributed by atoms with van der Waals surface area (Å²) in [6, 6.07) is 18.3. The number of rotatable bonds is 4. The van der Waals surface area contributed by atoms with E-state index in [1.807, 2.05) is 60.7 Å². The van der Waals surface area contributed by atoms with Crippen molar-refractivity contribution >= 4 is 10.1 Å². The Morgan fingerprint density at radius 1 is 0.769 bits per heavy atom. The van der Waals surface area contributed by atoms with Crippen LogP contribution >= 0.6 is 0 Å². The number of methoxy groups -OCH3 is 1. The van der Waals surface area contributed by atoms with Crippen LogP contribution in [0.3, 0.4) is 0 Å². The molecule has 3 aromatic carbocycles. The van der Waals surface area contributed by atoms with Crippen LogP contribution in [0.1, 0.15) is 11.1 Å². The summed E-state index contributed by atoms with van der Waals surface area (Å²) in [4.78, 5) is -0.0919. The van der Waals surface area contributed by atoms with Crippen molar-refractivity contribution in [3.05, 3.63) is 71.8 Å². The SMILES string of the molecule is COc1c(C)c(-c2ccccc2)c(S(=O)(=O)O)c(-c2ccccc2)c1C. The van der Waals surface area contributed by atoms with Gasteiger partial charge >= 0.3 is 0 Å². The zero-order chi connectivity index (χ0) is 18.9. The Morgan fingerprint density at radius 2 is 1.15 bits per heavy atom. The molecule has 0 bridgehead atoms. The summed E-state index contributed by atoms with van der Waals surface area (Å²) in [5.74, 6) is 0.607. The van der Waals surface area contributed by atoms with Crippen LogP contribution in [0.25, 0.3) is 22.3 Å². The molecule has 3 rings (SSSR count). The van der Waals surface area contributed by atoms with E-state index in [4.69, 9.17) is 4.74 Å². The second kappa shape index (κ2) is 6.94. The van der Waals surface area contributed by atoms with Crippen molar-refractivity contribution in [1.29, 1.82) is 0 Å². The fourth-order valence-corrected chi connectivity index (χ4v) is 4.50. The topological polar surface area (TPSA) is 63.6 Å². The predicted molar refractivity (Wildman–Crippen MR) is 103 cm³/mol. The number of benzene rings is 3. The van der Waals surface area contributed by atoms with Crippen LogP contribution in [0.4, 0.5) is 0 Å². The summed E-state index contributed by atoms with van der Waals surface area (Å²) in [7, 11) is -2.92. The quantitative estimate of drug-likeness (QED) is 0.666. The Labute approximate surface area is 153 Å². The third-order valence-corrected chi connectivity index (χ3v) is 5.40. The molecule has 134 valence electrons. The molecular formula is C21H20O4S. The first-order chi connectivity index (χ1) is 12.4. The van der Waals surface area contributed by atoms with Crippen molar-refractivity contribution in [2.75, 3.05) is 7.11 Å². The highest BCUT2D eigenvalue weighted by Crippen LogP contribution is 2.45. The molecule has 5 heteroatoms. The van der Waals surface area contributed by atoms with Crippen LogP contribution in [0.2, 0.25) is 0 Å². The molecule has 0 aliphatic heterocycles. The lowest BCUT2D eigenvalue weighted by Gasteiger charge is -2.22. The Morgan fingerprint density at radius 3 is 1.46 bits per heavy atom. The fraction of sp³-hybridized carbons (Fsp3) is 0.143. The van der Waals surface area contributed by atoms with E-state index in [9.17, 15) is 13.0 Å². The molecule has 0 saturated carbocycles. The minimum atomic E-state index is -4.49. The first-order valence-corrected chi connectivity index (χ1v) is 9.59. The molecule has 26 heavy (non-hydrogen) atoms. The van der Waals surface area contributed by atoms with Crippen LogP contribution in [-0.4, -0.2) is 20.1 Å². The molecule has 0 saturated heterocycles. The lowest BCUT2D eigenvalue weighted by Crippen LogP contribution is -2.09. The van der Waals surface area contributed by atoms with Gasteiger partial charge in [-0.2, -0.15) is 8.42 Å². The summed E-state index contributed by atoms with van der Waals surface area (Å²) in [5, 5.41) is 0. The molecule has 0 aromatic heterocycles. The Hall–Kier alpha value is -2.63. The zero-order valence-electron chi connectivity index (χ0n) is 14.9. The average molecular weight is 368 g/mol. The highest BCUT2D eigenvalue weighted by atomic mass is 32.2. The van der Waals surface area contributed by atoms with Crippen molar-refractivity contribution in [3.63, 3.8) is 0 Å². The molecule has 0 unspecified atom stereocenters. The van der Waals surface area contributed by atoms with Gasteiger partial charge in [-0.05, 0) is 25.0 Å². The Bertz CT molecular complexity index is 974. The van der Waals surface area contributed by atoms with Crippen LogP contribution in [0, 0.1) is 13.8 Å². The first kappa shape index (κ1) is 18.2. The maximum Gasteiger partial charge on any atom is 0.295 e. The number of hydrogen-bond acceptors (Lipinski definition) is 3. The van der Waals surface area contributed by atoms with Crippen molar-refractivity contribution in [1.82, 2.24) is 0 Å². The molecule has 1 N–H and O–H groups in total. The van der Waals surface area contributed by atoms with E-state index in [1.54, 1.807) is 21.0 Å². The predicted octanol–water partition coefficient (Wildman–Crippen LogP) is 4.89. The minimum absolute atomic E-state index is 0.0919. The van der Waals surface area contributed by atoms with E-state index in [0.29, 0.717) is 39.1 Å². The van der Waals surface area contributed by atoms with Crippen molar-refractivity contribution in [3.8, 4) is 28.0 Å². The van der Waals surface area contributed by atoms with E-state index < -0.39 is 10.1 Å². The van der Waals surface area contributed by atoms with E-state index in [0.717, 1.165) is 0 Å². The van der Waals surface area contributed by atoms with Crippen LogP contribution in [0.5, 0.6) is 5.75 Å². The van der Waals surface area contributed by atoms with Crippen molar-refractivity contribution in [2.24, 2.45) is 0 Å².